The third-order valence-corrected chi connectivity index (χ3v) is 14.8. The van der Waals surface area contributed by atoms with Gasteiger partial charge in [0.15, 0.2) is 5.84 Å². The van der Waals surface area contributed by atoms with Crippen LogP contribution < -0.4 is 10.6 Å². The van der Waals surface area contributed by atoms with Gasteiger partial charge in [-0.2, -0.15) is 0 Å². The molecular weight excluding hydrogens is 819 g/mol. The van der Waals surface area contributed by atoms with Crippen molar-refractivity contribution in [3.05, 3.63) is 213 Å². The summed E-state index contributed by atoms with van der Waals surface area (Å²) in [5.41, 5.74) is 20.2. The zero-order valence-electron chi connectivity index (χ0n) is 37.4. The molecule has 0 amide bonds. The average molecular weight is 864 g/mol. The van der Waals surface area contributed by atoms with Gasteiger partial charge in [-0.3, -0.25) is 0 Å². The predicted molar refractivity (Wildman–Crippen MR) is 276 cm³/mol. The Morgan fingerprint density at radius 2 is 1.28 bits per heavy atom. The summed E-state index contributed by atoms with van der Waals surface area (Å²) in [7, 11) is 0. The Labute approximate surface area is 387 Å². The first-order valence-corrected chi connectivity index (χ1v) is 23.6. The zero-order valence-corrected chi connectivity index (χ0v) is 37.4. The fourth-order valence-electron chi connectivity index (χ4n) is 11.5. The molecule has 0 N–H and O–H groups in total. The van der Waals surface area contributed by atoms with Crippen LogP contribution in [0.15, 0.2) is 177 Å². The van der Waals surface area contributed by atoms with Crippen LogP contribution in [0.1, 0.15) is 84.2 Å². The fraction of sp³-hybridized carbons (Fsp3) is 0.129. The first-order chi connectivity index (χ1) is 32.9. The lowest BCUT2D eigenvalue weighted by molar-refractivity contribution is 0.647. The van der Waals surface area contributed by atoms with Crippen LogP contribution in [0.4, 0.5) is 0 Å². The molecule has 5 heteroatoms. The first-order valence-electron chi connectivity index (χ1n) is 23.6. The van der Waals surface area contributed by atoms with E-state index in [1.165, 1.54) is 66.0 Å². The number of hydrogen-bond acceptors (Lipinski definition) is 4. The molecule has 0 saturated carbocycles. The van der Waals surface area contributed by atoms with Crippen molar-refractivity contribution < 1.29 is 8.83 Å². The maximum absolute atomic E-state index is 6.55. The van der Waals surface area contributed by atoms with E-state index < -0.39 is 0 Å². The second-order valence-electron chi connectivity index (χ2n) is 19.0. The smallest absolute Gasteiger partial charge is 0.163 e. The zero-order chi connectivity index (χ0) is 44.4. The molecule has 1 aliphatic heterocycles. The van der Waals surface area contributed by atoms with Crippen LogP contribution in [0.3, 0.4) is 0 Å². The van der Waals surface area contributed by atoms with Gasteiger partial charge in [-0.15, -0.1) is 0 Å². The lowest BCUT2D eigenvalue weighted by Gasteiger charge is -2.23. The van der Waals surface area contributed by atoms with E-state index in [0.29, 0.717) is 12.3 Å². The summed E-state index contributed by atoms with van der Waals surface area (Å²) in [6.45, 7) is 4.73. The van der Waals surface area contributed by atoms with Crippen molar-refractivity contribution in [2.24, 2.45) is 9.98 Å². The highest BCUT2D eigenvalue weighted by molar-refractivity contribution is 6.21. The van der Waals surface area contributed by atoms with Crippen molar-refractivity contribution >= 4 is 84.9 Å². The summed E-state index contributed by atoms with van der Waals surface area (Å²) < 4.78 is 15.4. The van der Waals surface area contributed by atoms with E-state index in [9.17, 15) is 0 Å². The Balaban J connectivity index is 0.856. The van der Waals surface area contributed by atoms with Crippen molar-refractivity contribution in [1.29, 1.82) is 0 Å². The molecule has 0 bridgehead atoms. The van der Waals surface area contributed by atoms with Crippen molar-refractivity contribution in [3.63, 3.8) is 0 Å². The number of aliphatic imine (C=N–C) groups is 2. The molecular formula is C62H45N3O2. The summed E-state index contributed by atoms with van der Waals surface area (Å²) in [5, 5.41) is 7.15. The number of amidine groups is 1. The van der Waals surface area contributed by atoms with Crippen molar-refractivity contribution in [2.45, 2.75) is 51.4 Å². The lowest BCUT2D eigenvalue weighted by atomic mass is 9.81. The Hall–Kier alpha value is -8.02. The minimum absolute atomic E-state index is 0.155. The molecule has 320 valence electrons. The highest BCUT2D eigenvalue weighted by atomic mass is 16.3. The summed E-state index contributed by atoms with van der Waals surface area (Å²) in [6.07, 6.45) is 14.3. The van der Waals surface area contributed by atoms with Gasteiger partial charge >= 0.3 is 0 Å². The molecule has 14 rings (SSSR count). The van der Waals surface area contributed by atoms with Gasteiger partial charge in [0.05, 0.1) is 17.0 Å². The number of nitrogens with zero attached hydrogens (tertiary/aromatic N) is 3. The van der Waals surface area contributed by atoms with Gasteiger partial charge in [-0.05, 0) is 119 Å². The van der Waals surface area contributed by atoms with Gasteiger partial charge in [0.25, 0.3) is 0 Å². The molecule has 3 aliphatic carbocycles. The van der Waals surface area contributed by atoms with E-state index in [1.54, 1.807) is 0 Å². The number of fused-ring (bicyclic) bond motifs is 12. The van der Waals surface area contributed by atoms with E-state index >= 15 is 0 Å². The Morgan fingerprint density at radius 1 is 0.537 bits per heavy atom. The van der Waals surface area contributed by atoms with Crippen LogP contribution in [0.5, 0.6) is 0 Å². The summed E-state index contributed by atoms with van der Waals surface area (Å²) in [5.74, 6) is 0.649. The normalized spacial score (nSPS) is 16.0. The summed E-state index contributed by atoms with van der Waals surface area (Å²) in [4.78, 5) is 10.7. The molecule has 3 aromatic heterocycles. The molecule has 7 aromatic carbocycles. The molecule has 0 fully saturated rings. The van der Waals surface area contributed by atoms with Crippen LogP contribution in [-0.4, -0.2) is 16.1 Å². The standard InChI is InChI=1S/C62H45N3O2/c1-62(2)51-34-39(26-28-42(51)48-35-50-45-20-8-10-24-57(45)66-59(50)36-52(48)62)38-27-31-56-49(33-38)43-18-6-9-23-55(43)65(56)41-17-12-16-40(32-41)54-30-29-53(37-14-4-3-5-15-37)63-61(64-54)47-22-13-21-46-44-19-7-11-25-58(44)67-60(46)47/h3-5,7-8,10-26,28,30,32-36H,6,9,27,29,31H2,1-2H3. The molecule has 4 heterocycles. The average Bonchev–Trinajstić information content (AvgIpc) is 4.05. The minimum Gasteiger partial charge on any atom is -0.456 e. The highest BCUT2D eigenvalue weighted by Crippen LogP contribution is 2.52. The highest BCUT2D eigenvalue weighted by Gasteiger charge is 2.37. The summed E-state index contributed by atoms with van der Waals surface area (Å²) in [6, 6.07) is 54.2. The Kier molecular flexibility index (Phi) is 8.28. The van der Waals surface area contributed by atoms with Gasteiger partial charge in [0.1, 0.15) is 22.3 Å². The molecule has 0 atom stereocenters. The predicted octanol–water partition coefficient (Wildman–Crippen LogP) is 14.1. The van der Waals surface area contributed by atoms with E-state index in [4.69, 9.17) is 18.8 Å². The second kappa shape index (κ2) is 14.5. The van der Waals surface area contributed by atoms with Gasteiger partial charge in [-0.1, -0.05) is 135 Å². The minimum atomic E-state index is -0.155. The van der Waals surface area contributed by atoms with Crippen molar-refractivity contribution in [2.75, 3.05) is 0 Å². The van der Waals surface area contributed by atoms with Gasteiger partial charge in [0, 0.05) is 66.5 Å². The van der Waals surface area contributed by atoms with Crippen molar-refractivity contribution in [1.82, 2.24) is 4.57 Å². The van der Waals surface area contributed by atoms with Crippen LogP contribution >= 0.6 is 0 Å². The van der Waals surface area contributed by atoms with Crippen LogP contribution in [-0.2, 0) is 11.8 Å². The van der Waals surface area contributed by atoms with E-state index in [2.05, 4.69) is 176 Å². The number of para-hydroxylation sites is 3. The number of allylic oxidation sites excluding steroid dienone is 2. The second-order valence-corrected chi connectivity index (χ2v) is 19.0. The molecule has 0 saturated heterocycles. The largest absolute Gasteiger partial charge is 0.456 e. The lowest BCUT2D eigenvalue weighted by Crippen LogP contribution is -2.31. The number of benzene rings is 7. The number of hydrogen-bond donors (Lipinski definition) is 0. The molecule has 0 unspecified atom stereocenters. The van der Waals surface area contributed by atoms with E-state index in [1.807, 2.05) is 18.2 Å². The Morgan fingerprint density at radius 3 is 2.16 bits per heavy atom. The maximum atomic E-state index is 6.55. The van der Waals surface area contributed by atoms with Gasteiger partial charge < -0.3 is 13.4 Å². The molecule has 10 aromatic rings. The summed E-state index contributed by atoms with van der Waals surface area (Å²) >= 11 is 0. The van der Waals surface area contributed by atoms with Crippen LogP contribution in [0.2, 0.25) is 0 Å². The third-order valence-electron chi connectivity index (χ3n) is 14.8. The van der Waals surface area contributed by atoms with E-state index in [-0.39, 0.29) is 5.41 Å². The van der Waals surface area contributed by atoms with E-state index in [0.717, 1.165) is 92.6 Å². The van der Waals surface area contributed by atoms with Gasteiger partial charge in [-0.25, -0.2) is 9.98 Å². The Bertz CT molecular complexity index is 4030. The van der Waals surface area contributed by atoms with Crippen molar-refractivity contribution in [3.8, 4) is 16.8 Å². The maximum Gasteiger partial charge on any atom is 0.163 e. The first kappa shape index (κ1) is 38.3. The molecule has 67 heavy (non-hydrogen) atoms. The number of aromatic nitrogens is 1. The van der Waals surface area contributed by atoms with Crippen LogP contribution in [0.25, 0.3) is 90.2 Å². The topological polar surface area (TPSA) is 55.9 Å². The molecule has 5 nitrogen and oxygen atoms in total. The number of rotatable bonds is 5. The van der Waals surface area contributed by atoms with Crippen LogP contribution in [0, 0.1) is 0 Å². The monoisotopic (exact) mass is 863 g/mol. The molecule has 0 spiro atoms. The third kappa shape index (κ3) is 5.87. The molecule has 4 aliphatic rings. The SMILES string of the molecule is CC1(C)c2cc(C3=Cc4c(n(-c5cccc(C6=CCC(c7ccccc7)=NC(c7cccc8c7oc7ccccc78)=N6)c5)c5c4=CCCC=5)CC3)ccc2-c2cc3c(cc21)oc1ccccc13. The van der Waals surface area contributed by atoms with Gasteiger partial charge in [0.2, 0.25) is 0 Å². The number of furan rings is 2. The quantitative estimate of drug-likeness (QED) is 0.173. The fourth-order valence-corrected chi connectivity index (χ4v) is 11.5. The molecule has 0 radical (unpaired) electrons.